The summed E-state index contributed by atoms with van der Waals surface area (Å²) in [6, 6.07) is 7.43. The number of hydrogen-bond acceptors (Lipinski definition) is 4. The largest absolute Gasteiger partial charge is 0.340 e. The Morgan fingerprint density at radius 2 is 1.76 bits per heavy atom. The van der Waals surface area contributed by atoms with E-state index in [0.29, 0.717) is 6.42 Å². The maximum atomic E-state index is 11.9. The van der Waals surface area contributed by atoms with Crippen molar-refractivity contribution in [3.63, 3.8) is 0 Å². The van der Waals surface area contributed by atoms with Crippen molar-refractivity contribution in [3.05, 3.63) is 29.8 Å². The molecular formula is C18H29ClN4O2. The lowest BCUT2D eigenvalue weighted by Gasteiger charge is -2.34. The Bertz CT molecular complexity index is 557. The highest BCUT2D eigenvalue weighted by Gasteiger charge is 2.18. The standard InChI is InChI=1S/C18H28N4O2.ClH/c1-3-4-17(19)18(24)20-16-7-5-15(6-8-16)13-21-9-11-22(12-10-21)14(2)23;/h5-8,17H,3-4,9-13,19H2,1-2H3,(H,20,24);1H. The molecule has 1 aliphatic heterocycles. The van der Waals surface area contributed by atoms with Crippen LogP contribution < -0.4 is 11.1 Å². The van der Waals surface area contributed by atoms with Crippen molar-refractivity contribution in [2.75, 3.05) is 31.5 Å². The lowest BCUT2D eigenvalue weighted by molar-refractivity contribution is -0.130. The van der Waals surface area contributed by atoms with Crippen LogP contribution >= 0.6 is 12.4 Å². The van der Waals surface area contributed by atoms with Crippen molar-refractivity contribution in [1.82, 2.24) is 9.80 Å². The van der Waals surface area contributed by atoms with E-state index in [0.717, 1.165) is 44.8 Å². The minimum atomic E-state index is -0.452. The van der Waals surface area contributed by atoms with E-state index in [1.165, 1.54) is 5.56 Å². The lowest BCUT2D eigenvalue weighted by atomic mass is 10.1. The third-order valence-corrected chi connectivity index (χ3v) is 4.38. The number of benzene rings is 1. The van der Waals surface area contributed by atoms with E-state index in [1.807, 2.05) is 36.1 Å². The Balaban J connectivity index is 0.00000312. The van der Waals surface area contributed by atoms with E-state index in [1.54, 1.807) is 6.92 Å². The third kappa shape index (κ3) is 6.65. The van der Waals surface area contributed by atoms with Crippen LogP contribution in [-0.4, -0.2) is 53.8 Å². The summed E-state index contributed by atoms with van der Waals surface area (Å²) < 4.78 is 0. The van der Waals surface area contributed by atoms with Crippen LogP contribution in [0.3, 0.4) is 0 Å². The van der Waals surface area contributed by atoms with Gasteiger partial charge < -0.3 is 16.0 Å². The van der Waals surface area contributed by atoms with Gasteiger partial charge in [0.05, 0.1) is 6.04 Å². The number of nitrogens with two attached hydrogens (primary N) is 1. The molecule has 0 radical (unpaired) electrons. The molecule has 7 heteroatoms. The molecule has 1 unspecified atom stereocenters. The van der Waals surface area contributed by atoms with Crippen LogP contribution in [0.25, 0.3) is 0 Å². The number of carbonyl (C=O) groups is 2. The summed E-state index contributed by atoms with van der Waals surface area (Å²) in [5, 5.41) is 2.85. The SMILES string of the molecule is CCCC(N)C(=O)Nc1ccc(CN2CCN(C(C)=O)CC2)cc1.Cl. The van der Waals surface area contributed by atoms with Crippen molar-refractivity contribution in [1.29, 1.82) is 0 Å². The van der Waals surface area contributed by atoms with E-state index >= 15 is 0 Å². The van der Waals surface area contributed by atoms with Gasteiger partial charge in [-0.05, 0) is 24.1 Å². The van der Waals surface area contributed by atoms with Crippen LogP contribution in [0.5, 0.6) is 0 Å². The number of carbonyl (C=O) groups excluding carboxylic acids is 2. The summed E-state index contributed by atoms with van der Waals surface area (Å²) in [4.78, 5) is 27.5. The zero-order valence-corrected chi connectivity index (χ0v) is 15.8. The van der Waals surface area contributed by atoms with Crippen LogP contribution in [0.4, 0.5) is 5.69 Å². The number of nitrogens with one attached hydrogen (secondary N) is 1. The van der Waals surface area contributed by atoms with Crippen molar-refractivity contribution in [3.8, 4) is 0 Å². The maximum absolute atomic E-state index is 11.9. The highest BCUT2D eigenvalue weighted by Crippen LogP contribution is 2.13. The molecule has 1 saturated heterocycles. The average molecular weight is 369 g/mol. The number of piperazine rings is 1. The van der Waals surface area contributed by atoms with Gasteiger partial charge in [-0.15, -0.1) is 12.4 Å². The molecule has 3 N–H and O–H groups in total. The number of nitrogens with zero attached hydrogens (tertiary/aromatic N) is 2. The second-order valence-corrected chi connectivity index (χ2v) is 6.36. The van der Waals surface area contributed by atoms with Crippen molar-refractivity contribution in [2.45, 2.75) is 39.3 Å². The lowest BCUT2D eigenvalue weighted by Crippen LogP contribution is -2.47. The first-order chi connectivity index (χ1) is 11.5. The van der Waals surface area contributed by atoms with Gasteiger partial charge in [-0.25, -0.2) is 0 Å². The van der Waals surface area contributed by atoms with Crippen LogP contribution in [0.2, 0.25) is 0 Å². The van der Waals surface area contributed by atoms with Crippen LogP contribution in [0.15, 0.2) is 24.3 Å². The Hall–Kier alpha value is -1.63. The predicted octanol–water partition coefficient (Wildman–Crippen LogP) is 1.84. The smallest absolute Gasteiger partial charge is 0.241 e. The quantitative estimate of drug-likeness (QED) is 0.803. The van der Waals surface area contributed by atoms with Gasteiger partial charge in [-0.1, -0.05) is 25.5 Å². The molecule has 1 atom stereocenters. The number of rotatable bonds is 6. The summed E-state index contributed by atoms with van der Waals surface area (Å²) in [5.74, 6) is 0.0148. The van der Waals surface area contributed by atoms with E-state index in [-0.39, 0.29) is 24.2 Å². The first kappa shape index (κ1) is 21.4. The summed E-state index contributed by atoms with van der Waals surface area (Å²) >= 11 is 0. The van der Waals surface area contributed by atoms with E-state index in [4.69, 9.17) is 5.73 Å². The summed E-state index contributed by atoms with van der Waals surface area (Å²) in [6.45, 7) is 7.86. The fraction of sp³-hybridized carbons (Fsp3) is 0.556. The fourth-order valence-electron chi connectivity index (χ4n) is 2.85. The van der Waals surface area contributed by atoms with Gasteiger partial charge in [0.15, 0.2) is 0 Å². The Kier molecular flexibility index (Phi) is 8.89. The number of hydrogen-bond donors (Lipinski definition) is 2. The van der Waals surface area contributed by atoms with Gasteiger partial charge in [0, 0.05) is 45.3 Å². The molecule has 1 fully saturated rings. The molecule has 2 amide bonds. The molecular weight excluding hydrogens is 340 g/mol. The van der Waals surface area contributed by atoms with Gasteiger partial charge in [0.25, 0.3) is 0 Å². The van der Waals surface area contributed by atoms with E-state index in [9.17, 15) is 9.59 Å². The van der Waals surface area contributed by atoms with Crippen LogP contribution in [0, 0.1) is 0 Å². The fourth-order valence-corrected chi connectivity index (χ4v) is 2.85. The molecule has 0 bridgehead atoms. The molecule has 1 heterocycles. The molecule has 6 nitrogen and oxygen atoms in total. The Labute approximate surface area is 156 Å². The Morgan fingerprint density at radius 1 is 1.16 bits per heavy atom. The van der Waals surface area contributed by atoms with E-state index < -0.39 is 6.04 Å². The molecule has 0 spiro atoms. The second kappa shape index (κ2) is 10.4. The molecule has 0 aliphatic carbocycles. The molecule has 0 aromatic heterocycles. The highest BCUT2D eigenvalue weighted by atomic mass is 35.5. The minimum Gasteiger partial charge on any atom is -0.340 e. The normalized spacial score (nSPS) is 16.0. The zero-order chi connectivity index (χ0) is 17.5. The van der Waals surface area contributed by atoms with Gasteiger partial charge in [0.2, 0.25) is 11.8 Å². The van der Waals surface area contributed by atoms with Gasteiger partial charge >= 0.3 is 0 Å². The van der Waals surface area contributed by atoms with Gasteiger partial charge in [0.1, 0.15) is 0 Å². The third-order valence-electron chi connectivity index (χ3n) is 4.38. The maximum Gasteiger partial charge on any atom is 0.241 e. The number of amides is 2. The Morgan fingerprint density at radius 3 is 2.28 bits per heavy atom. The first-order valence-corrected chi connectivity index (χ1v) is 8.63. The first-order valence-electron chi connectivity index (χ1n) is 8.63. The molecule has 1 aliphatic rings. The number of halogens is 1. The molecule has 1 aromatic rings. The topological polar surface area (TPSA) is 78.7 Å². The van der Waals surface area contributed by atoms with Crippen molar-refractivity contribution >= 4 is 29.9 Å². The zero-order valence-electron chi connectivity index (χ0n) is 15.0. The summed E-state index contributed by atoms with van der Waals surface area (Å²) in [5.41, 5.74) is 7.79. The van der Waals surface area contributed by atoms with Crippen molar-refractivity contribution < 1.29 is 9.59 Å². The number of anilines is 1. The van der Waals surface area contributed by atoms with Gasteiger partial charge in [-0.2, -0.15) is 0 Å². The summed E-state index contributed by atoms with van der Waals surface area (Å²) in [6.07, 6.45) is 1.58. The molecule has 1 aromatic carbocycles. The van der Waals surface area contributed by atoms with Crippen LogP contribution in [0.1, 0.15) is 32.3 Å². The van der Waals surface area contributed by atoms with Crippen molar-refractivity contribution in [2.24, 2.45) is 5.73 Å². The summed E-state index contributed by atoms with van der Waals surface area (Å²) in [7, 11) is 0. The highest BCUT2D eigenvalue weighted by molar-refractivity contribution is 5.94. The van der Waals surface area contributed by atoms with E-state index in [2.05, 4.69) is 10.2 Å². The molecule has 140 valence electrons. The average Bonchev–Trinajstić information content (AvgIpc) is 2.57. The van der Waals surface area contributed by atoms with Crippen LogP contribution in [-0.2, 0) is 16.1 Å². The molecule has 2 rings (SSSR count). The molecule has 25 heavy (non-hydrogen) atoms. The molecule has 0 saturated carbocycles. The van der Waals surface area contributed by atoms with Gasteiger partial charge in [-0.3, -0.25) is 14.5 Å². The predicted molar refractivity (Wildman–Crippen MR) is 103 cm³/mol. The second-order valence-electron chi connectivity index (χ2n) is 6.36. The monoisotopic (exact) mass is 368 g/mol. The minimum absolute atomic E-state index is 0.